The quantitative estimate of drug-likeness (QED) is 0.797. The number of rotatable bonds is 8. The Labute approximate surface area is 121 Å². The van der Waals surface area contributed by atoms with Crippen LogP contribution in [-0.4, -0.2) is 36.7 Å². The van der Waals surface area contributed by atoms with E-state index in [0.717, 1.165) is 6.54 Å². The van der Waals surface area contributed by atoms with Gasteiger partial charge < -0.3 is 10.5 Å². The molecule has 1 aromatic rings. The third-order valence-electron chi connectivity index (χ3n) is 3.92. The first-order valence-corrected chi connectivity index (χ1v) is 7.84. The molecule has 1 heterocycles. The highest BCUT2D eigenvalue weighted by Gasteiger charge is 2.40. The van der Waals surface area contributed by atoms with Gasteiger partial charge in [-0.2, -0.15) is 0 Å². The Hall–Kier alpha value is -0.420. The van der Waals surface area contributed by atoms with E-state index in [1.807, 2.05) is 0 Å². The Kier molecular flexibility index (Phi) is 6.47. The Morgan fingerprint density at radius 2 is 2.05 bits per heavy atom. The predicted octanol–water partition coefficient (Wildman–Crippen LogP) is 2.96. The van der Waals surface area contributed by atoms with Crippen molar-refractivity contribution in [3.05, 3.63) is 22.4 Å². The third kappa shape index (κ3) is 3.78. The highest BCUT2D eigenvalue weighted by atomic mass is 32.1. The molecule has 0 aliphatic carbocycles. The number of ether oxygens (including phenoxy) is 1. The van der Waals surface area contributed by atoms with Crippen molar-refractivity contribution in [3.8, 4) is 0 Å². The van der Waals surface area contributed by atoms with Gasteiger partial charge in [-0.05, 0) is 31.2 Å². The average Bonchev–Trinajstić information content (AvgIpc) is 2.85. The van der Waals surface area contributed by atoms with E-state index in [0.29, 0.717) is 25.1 Å². The minimum atomic E-state index is -0.104. The zero-order valence-corrected chi connectivity index (χ0v) is 13.7. The largest absolute Gasteiger partial charge is 0.383 e. The van der Waals surface area contributed by atoms with Crippen LogP contribution in [0.4, 0.5) is 0 Å². The van der Waals surface area contributed by atoms with Gasteiger partial charge in [-0.1, -0.05) is 19.9 Å². The topological polar surface area (TPSA) is 38.5 Å². The van der Waals surface area contributed by atoms with Crippen LogP contribution in [0.1, 0.15) is 32.6 Å². The van der Waals surface area contributed by atoms with Gasteiger partial charge in [-0.3, -0.25) is 4.90 Å². The van der Waals surface area contributed by atoms with Crippen LogP contribution < -0.4 is 5.73 Å². The highest BCUT2D eigenvalue weighted by Crippen LogP contribution is 2.29. The molecule has 1 rings (SSSR count). The van der Waals surface area contributed by atoms with Gasteiger partial charge in [0.15, 0.2) is 0 Å². The molecule has 0 aliphatic heterocycles. The molecule has 0 amide bonds. The highest BCUT2D eigenvalue weighted by molar-refractivity contribution is 7.09. The lowest BCUT2D eigenvalue weighted by Gasteiger charge is -2.48. The summed E-state index contributed by atoms with van der Waals surface area (Å²) < 4.78 is 5.49. The molecule has 1 atom stereocenters. The number of hydrogen-bond donors (Lipinski definition) is 1. The molecule has 4 heteroatoms. The number of nitrogens with two attached hydrogens (primary N) is 1. The number of methoxy groups -OCH3 is 1. The normalized spacial score (nSPS) is 15.4. The summed E-state index contributed by atoms with van der Waals surface area (Å²) in [5.41, 5.74) is 6.04. The van der Waals surface area contributed by atoms with Crippen LogP contribution in [0.5, 0.6) is 0 Å². The van der Waals surface area contributed by atoms with Crippen molar-refractivity contribution in [2.75, 3.05) is 20.3 Å². The van der Waals surface area contributed by atoms with E-state index in [1.165, 1.54) is 4.88 Å². The fourth-order valence-electron chi connectivity index (χ4n) is 2.67. The maximum Gasteiger partial charge on any atom is 0.0661 e. The van der Waals surface area contributed by atoms with E-state index in [2.05, 4.69) is 50.1 Å². The van der Waals surface area contributed by atoms with E-state index >= 15 is 0 Å². The molecule has 0 saturated carbocycles. The molecule has 0 saturated heterocycles. The minimum Gasteiger partial charge on any atom is -0.383 e. The van der Waals surface area contributed by atoms with Crippen molar-refractivity contribution < 1.29 is 4.74 Å². The fraction of sp³-hybridized carbons (Fsp3) is 0.733. The van der Waals surface area contributed by atoms with Crippen LogP contribution in [0.2, 0.25) is 0 Å². The number of thiophene rings is 1. The van der Waals surface area contributed by atoms with Crippen LogP contribution in [0.3, 0.4) is 0 Å². The first-order chi connectivity index (χ1) is 8.97. The smallest absolute Gasteiger partial charge is 0.0661 e. The summed E-state index contributed by atoms with van der Waals surface area (Å²) in [6.07, 6.45) is 0. The molecule has 1 aromatic heterocycles. The average molecular weight is 284 g/mol. The van der Waals surface area contributed by atoms with Crippen molar-refractivity contribution in [1.29, 1.82) is 0 Å². The Morgan fingerprint density at radius 1 is 1.37 bits per heavy atom. The summed E-state index contributed by atoms with van der Waals surface area (Å²) in [4.78, 5) is 3.87. The van der Waals surface area contributed by atoms with Crippen LogP contribution >= 0.6 is 11.3 Å². The van der Waals surface area contributed by atoms with Gasteiger partial charge >= 0.3 is 0 Å². The Bertz CT molecular complexity index is 351. The second-order valence-electron chi connectivity index (χ2n) is 5.70. The molecule has 0 bridgehead atoms. The maximum atomic E-state index is 6.14. The van der Waals surface area contributed by atoms with Crippen LogP contribution in [0.15, 0.2) is 17.5 Å². The van der Waals surface area contributed by atoms with Crippen molar-refractivity contribution in [2.24, 2.45) is 11.7 Å². The van der Waals surface area contributed by atoms with Crippen molar-refractivity contribution >= 4 is 11.3 Å². The molecule has 19 heavy (non-hydrogen) atoms. The monoisotopic (exact) mass is 284 g/mol. The van der Waals surface area contributed by atoms with Crippen molar-refractivity contribution in [3.63, 3.8) is 0 Å². The lowest BCUT2D eigenvalue weighted by molar-refractivity contribution is -0.0386. The summed E-state index contributed by atoms with van der Waals surface area (Å²) in [7, 11) is 1.76. The molecule has 0 fully saturated rings. The zero-order valence-electron chi connectivity index (χ0n) is 12.8. The molecule has 0 aromatic carbocycles. The molecule has 3 nitrogen and oxygen atoms in total. The molecule has 110 valence electrons. The van der Waals surface area contributed by atoms with Gasteiger partial charge in [0.25, 0.3) is 0 Å². The maximum absolute atomic E-state index is 6.14. The van der Waals surface area contributed by atoms with Gasteiger partial charge in [-0.15, -0.1) is 11.3 Å². The van der Waals surface area contributed by atoms with Crippen LogP contribution in [-0.2, 0) is 11.3 Å². The Balaban J connectivity index is 3.04. The summed E-state index contributed by atoms with van der Waals surface area (Å²) in [5, 5.41) is 2.13. The summed E-state index contributed by atoms with van der Waals surface area (Å²) in [6, 6.07) is 4.73. The lowest BCUT2D eigenvalue weighted by Crippen LogP contribution is -2.62. The lowest BCUT2D eigenvalue weighted by atomic mass is 9.84. The van der Waals surface area contributed by atoms with E-state index in [9.17, 15) is 0 Å². The molecule has 0 aliphatic rings. The molecule has 0 spiro atoms. The fourth-order valence-corrected chi connectivity index (χ4v) is 3.37. The second kappa shape index (κ2) is 7.39. The summed E-state index contributed by atoms with van der Waals surface area (Å²) >= 11 is 1.80. The zero-order chi connectivity index (χ0) is 14.5. The van der Waals surface area contributed by atoms with E-state index < -0.39 is 0 Å². The minimum absolute atomic E-state index is 0.104. The first-order valence-electron chi connectivity index (χ1n) is 6.96. The van der Waals surface area contributed by atoms with Crippen LogP contribution in [0, 0.1) is 5.92 Å². The van der Waals surface area contributed by atoms with Gasteiger partial charge in [-0.25, -0.2) is 0 Å². The molecule has 2 N–H and O–H groups in total. The van der Waals surface area contributed by atoms with Crippen molar-refractivity contribution in [2.45, 2.75) is 45.8 Å². The van der Waals surface area contributed by atoms with Gasteiger partial charge in [0.05, 0.1) is 12.1 Å². The number of hydrogen-bond acceptors (Lipinski definition) is 4. The third-order valence-corrected chi connectivity index (χ3v) is 4.79. The van der Waals surface area contributed by atoms with Gasteiger partial charge in [0, 0.05) is 31.1 Å². The standard InChI is InChI=1S/C15H28N2OS/c1-12(2)15(10-16,11-18-5)17(13(3)4)9-14-7-6-8-19-14/h6-8,12-13H,9-11,16H2,1-5H3. The molecular formula is C15H28N2OS. The molecule has 1 unspecified atom stereocenters. The van der Waals surface area contributed by atoms with Crippen molar-refractivity contribution in [1.82, 2.24) is 4.90 Å². The van der Waals surface area contributed by atoms with Crippen LogP contribution in [0.25, 0.3) is 0 Å². The van der Waals surface area contributed by atoms with E-state index in [4.69, 9.17) is 10.5 Å². The first kappa shape index (κ1) is 16.6. The summed E-state index contributed by atoms with van der Waals surface area (Å²) in [5.74, 6) is 0.444. The van der Waals surface area contributed by atoms with E-state index in [1.54, 1.807) is 18.4 Å². The molecular weight excluding hydrogens is 256 g/mol. The van der Waals surface area contributed by atoms with Gasteiger partial charge in [0.2, 0.25) is 0 Å². The second-order valence-corrected chi connectivity index (χ2v) is 6.73. The van der Waals surface area contributed by atoms with Gasteiger partial charge in [0.1, 0.15) is 0 Å². The molecule has 0 radical (unpaired) electrons. The summed E-state index contributed by atoms with van der Waals surface area (Å²) in [6.45, 7) is 11.2. The Morgan fingerprint density at radius 3 is 2.42 bits per heavy atom. The van der Waals surface area contributed by atoms with E-state index in [-0.39, 0.29) is 5.54 Å². The number of nitrogens with zero attached hydrogens (tertiary/aromatic N) is 1. The predicted molar refractivity (Wildman–Crippen MR) is 83.5 cm³/mol. The SMILES string of the molecule is COCC(CN)(C(C)C)N(Cc1cccs1)C(C)C.